The van der Waals surface area contributed by atoms with Crippen LogP contribution in [0.2, 0.25) is 0 Å². The molecule has 0 aliphatic carbocycles. The van der Waals surface area contributed by atoms with Crippen LogP contribution in [-0.4, -0.2) is 0 Å². The Balaban J connectivity index is 5.61. The Bertz CT molecular complexity index is 877. The second-order valence-corrected chi connectivity index (χ2v) is 19.5. The van der Waals surface area contributed by atoms with Gasteiger partial charge in [-0.15, -0.1) is 12.3 Å². The normalized spacial score (nSPS) is 25.3. The Morgan fingerprint density at radius 2 is 0.562 bits per heavy atom. The van der Waals surface area contributed by atoms with Crippen molar-refractivity contribution in [2.75, 3.05) is 0 Å². The molecule has 0 radical (unpaired) electrons. The average Bonchev–Trinajstić information content (AvgIpc) is 3.08. The van der Waals surface area contributed by atoms with Crippen LogP contribution in [-0.2, 0) is 0 Å². The monoisotopic (exact) mass is 671 g/mol. The lowest BCUT2D eigenvalue weighted by Gasteiger charge is -2.44. The van der Waals surface area contributed by atoms with E-state index in [1.165, 1.54) is 12.8 Å². The average molecular weight is 671 g/mol. The molecule has 0 aromatic heterocycles. The Kier molecular flexibility index (Phi) is 21.6. The van der Waals surface area contributed by atoms with Crippen LogP contribution in [0.3, 0.4) is 0 Å². The highest BCUT2D eigenvalue weighted by molar-refractivity contribution is 4.90. The molecule has 0 rings (SSSR count). The molecule has 0 aromatic rings. The predicted octanol–water partition coefficient (Wildman–Crippen LogP) is 15.2. The van der Waals surface area contributed by atoms with Gasteiger partial charge in [0.05, 0.1) is 0 Å². The van der Waals surface area contributed by atoms with Crippen molar-refractivity contribution in [3.05, 3.63) is 0 Å². The summed E-state index contributed by atoms with van der Waals surface area (Å²) < 4.78 is 0. The first-order chi connectivity index (χ1) is 22.0. The molecule has 0 amide bonds. The van der Waals surface area contributed by atoms with Gasteiger partial charge in [-0.2, -0.15) is 0 Å². The summed E-state index contributed by atoms with van der Waals surface area (Å²) in [5.41, 5.74) is 0. The van der Waals surface area contributed by atoms with E-state index in [1.807, 2.05) is 0 Å². The van der Waals surface area contributed by atoms with Gasteiger partial charge in [0.1, 0.15) is 0 Å². The molecule has 0 aliphatic rings. The van der Waals surface area contributed by atoms with Crippen LogP contribution in [0.15, 0.2) is 0 Å². The topological polar surface area (TPSA) is 0 Å². The van der Waals surface area contributed by atoms with Crippen LogP contribution >= 0.6 is 0 Å². The third-order valence-corrected chi connectivity index (χ3v) is 17.8. The first-order valence-corrected chi connectivity index (χ1v) is 21.5. The van der Waals surface area contributed by atoms with Crippen molar-refractivity contribution >= 4 is 0 Å². The maximum absolute atomic E-state index is 5.75. The summed E-state index contributed by atoms with van der Waals surface area (Å²) >= 11 is 0. The summed E-state index contributed by atoms with van der Waals surface area (Å²) in [5, 5.41) is 0. The first kappa shape index (κ1) is 47.6. The van der Waals surface area contributed by atoms with E-state index < -0.39 is 0 Å². The van der Waals surface area contributed by atoms with Gasteiger partial charge in [0.2, 0.25) is 0 Å². The zero-order valence-electron chi connectivity index (χ0n) is 37.3. The van der Waals surface area contributed by atoms with Gasteiger partial charge in [-0.05, 0) is 131 Å². The fourth-order valence-electron chi connectivity index (χ4n) is 10.2. The largest absolute Gasteiger partial charge is 0.120 e. The second kappa shape index (κ2) is 21.8. The quantitative estimate of drug-likeness (QED) is 0.0949. The molecule has 0 aromatic carbocycles. The van der Waals surface area contributed by atoms with Crippen molar-refractivity contribution in [2.24, 2.45) is 124 Å². The van der Waals surface area contributed by atoms with Crippen LogP contribution in [0.5, 0.6) is 0 Å². The van der Waals surface area contributed by atoms with Gasteiger partial charge in [0, 0.05) is 6.42 Å². The molecule has 0 nitrogen and oxygen atoms in total. The molecule has 48 heavy (non-hydrogen) atoms. The summed E-state index contributed by atoms with van der Waals surface area (Å²) in [4.78, 5) is 0. The maximum Gasteiger partial charge on any atom is 0.00889 e. The molecule has 20 atom stereocenters. The van der Waals surface area contributed by atoms with E-state index in [-0.39, 0.29) is 0 Å². The third-order valence-electron chi connectivity index (χ3n) is 17.8. The Morgan fingerprint density at radius 3 is 0.771 bits per heavy atom. The van der Waals surface area contributed by atoms with Crippen molar-refractivity contribution in [3.63, 3.8) is 0 Å². The summed E-state index contributed by atoms with van der Waals surface area (Å²) in [6.07, 6.45) is 9.12. The smallest absolute Gasteiger partial charge is 0.00889 e. The standard InChI is InChI=1S/C48H94/c1-24-26-27-48(30(6)28(3)4)47(23)46(22)45(21)44(20)43(19)42(18)41(17)40(16)39(15)38(14)37(13)36(12)35(11)34(10)33(9)32(8)31(7)29(5)25-2/h1,28-48H,25-27H2,2-23H3. The molecular formula is C48H94. The van der Waals surface area contributed by atoms with Crippen LogP contribution in [0.4, 0.5) is 0 Å². The molecule has 0 saturated heterocycles. The molecule has 20 unspecified atom stereocenters. The highest BCUT2D eigenvalue weighted by atomic mass is 14.4. The minimum Gasteiger partial charge on any atom is -0.120 e. The minimum absolute atomic E-state index is 0.691. The zero-order chi connectivity index (χ0) is 38.0. The van der Waals surface area contributed by atoms with Gasteiger partial charge in [0.15, 0.2) is 0 Å². The van der Waals surface area contributed by atoms with E-state index >= 15 is 0 Å². The number of rotatable bonds is 23. The number of hydrogen-bond donors (Lipinski definition) is 0. The van der Waals surface area contributed by atoms with E-state index in [4.69, 9.17) is 6.42 Å². The molecule has 0 heteroatoms. The minimum atomic E-state index is 0.691. The Labute approximate surface area is 307 Å². The van der Waals surface area contributed by atoms with Gasteiger partial charge in [-0.3, -0.25) is 0 Å². The molecule has 0 heterocycles. The van der Waals surface area contributed by atoms with Crippen LogP contribution in [0.25, 0.3) is 0 Å². The van der Waals surface area contributed by atoms with Crippen molar-refractivity contribution in [3.8, 4) is 12.3 Å². The number of terminal acetylenes is 1. The van der Waals surface area contributed by atoms with Gasteiger partial charge in [-0.25, -0.2) is 0 Å². The highest BCUT2D eigenvalue weighted by Crippen LogP contribution is 2.46. The molecule has 0 spiro atoms. The van der Waals surface area contributed by atoms with E-state index in [2.05, 4.69) is 158 Å². The summed E-state index contributed by atoms with van der Waals surface area (Å²) in [5.74, 6) is 18.2. The zero-order valence-corrected chi connectivity index (χ0v) is 37.3. The summed E-state index contributed by atoms with van der Waals surface area (Å²) in [6, 6.07) is 0. The van der Waals surface area contributed by atoms with Gasteiger partial charge in [-0.1, -0.05) is 159 Å². The second-order valence-electron chi connectivity index (χ2n) is 19.5. The van der Waals surface area contributed by atoms with Crippen molar-refractivity contribution in [1.29, 1.82) is 0 Å². The van der Waals surface area contributed by atoms with Gasteiger partial charge < -0.3 is 0 Å². The van der Waals surface area contributed by atoms with E-state index in [9.17, 15) is 0 Å². The van der Waals surface area contributed by atoms with Gasteiger partial charge >= 0.3 is 0 Å². The van der Waals surface area contributed by atoms with Crippen molar-refractivity contribution in [2.45, 2.75) is 172 Å². The van der Waals surface area contributed by atoms with E-state index in [0.717, 1.165) is 65.6 Å². The van der Waals surface area contributed by atoms with Crippen LogP contribution in [0, 0.1) is 137 Å². The molecule has 0 saturated carbocycles. The fraction of sp³-hybridized carbons (Fsp3) is 0.958. The lowest BCUT2D eigenvalue weighted by Crippen LogP contribution is -2.38. The van der Waals surface area contributed by atoms with E-state index in [0.29, 0.717) is 65.1 Å². The molecule has 0 N–H and O–H groups in total. The Morgan fingerprint density at radius 1 is 0.333 bits per heavy atom. The van der Waals surface area contributed by atoms with E-state index in [1.54, 1.807) is 0 Å². The molecule has 0 aliphatic heterocycles. The summed E-state index contributed by atoms with van der Waals surface area (Å²) in [7, 11) is 0. The van der Waals surface area contributed by atoms with Crippen molar-refractivity contribution < 1.29 is 0 Å². The molecule has 0 bridgehead atoms. The Hall–Kier alpha value is -0.440. The molecule has 0 fully saturated rings. The highest BCUT2D eigenvalue weighted by Gasteiger charge is 2.39. The van der Waals surface area contributed by atoms with Crippen LogP contribution in [0.1, 0.15) is 172 Å². The van der Waals surface area contributed by atoms with Crippen molar-refractivity contribution in [1.82, 2.24) is 0 Å². The molecular weight excluding hydrogens is 577 g/mol. The maximum atomic E-state index is 5.75. The lowest BCUT2D eigenvalue weighted by molar-refractivity contribution is 0.0435. The predicted molar refractivity (Wildman–Crippen MR) is 221 cm³/mol. The lowest BCUT2D eigenvalue weighted by atomic mass is 9.61. The third kappa shape index (κ3) is 12.4. The van der Waals surface area contributed by atoms with Crippen LogP contribution < -0.4 is 0 Å². The first-order valence-electron chi connectivity index (χ1n) is 21.5. The SMILES string of the molecule is C#CCCC(C(C)C(C)C)C(C)C(C)C(C)C(C)C(C)C(C)C(C)C(C)C(C)C(C)C(C)C(C)C(C)C(C)C(C)C(C)C(C)C(C)CC. The fourth-order valence-corrected chi connectivity index (χ4v) is 10.2. The number of hydrogen-bond acceptors (Lipinski definition) is 0. The molecule has 286 valence electrons. The summed E-state index contributed by atoms with van der Waals surface area (Å²) in [6.45, 7) is 55.6. The van der Waals surface area contributed by atoms with Gasteiger partial charge in [0.25, 0.3) is 0 Å².